The molecule has 0 spiro atoms. The van der Waals surface area contributed by atoms with Gasteiger partial charge in [0.2, 0.25) is 11.8 Å². The highest BCUT2D eigenvalue weighted by Crippen LogP contribution is 2.28. The summed E-state index contributed by atoms with van der Waals surface area (Å²) >= 11 is 11.8. The highest BCUT2D eigenvalue weighted by molar-refractivity contribution is 6.42. The van der Waals surface area contributed by atoms with Crippen LogP contribution in [0.15, 0.2) is 18.2 Å². The van der Waals surface area contributed by atoms with Crippen LogP contribution in [0.3, 0.4) is 0 Å². The molecule has 1 unspecified atom stereocenters. The number of piperidine rings is 1. The molecule has 6 nitrogen and oxygen atoms in total. The Morgan fingerprint density at radius 3 is 2.83 bits per heavy atom. The van der Waals surface area contributed by atoms with Crippen LogP contribution in [-0.4, -0.2) is 49.0 Å². The Morgan fingerprint density at radius 2 is 2.13 bits per heavy atom. The quantitative estimate of drug-likeness (QED) is 0.832. The zero-order valence-corrected chi connectivity index (χ0v) is 14.1. The molecule has 8 heteroatoms. The standard InChI is InChI=1S/C15H19Cl2N3O3/c16-12-4-3-10(6-13(12)17)23-11-2-1-5-20(9-11)15(22)8-19-14(21)7-18/h3-4,6,11H,1-2,5,7-9,18H2,(H,19,21). The minimum atomic E-state index is -0.348. The first kappa shape index (κ1) is 17.8. The van der Waals surface area contributed by atoms with Crippen molar-refractivity contribution >= 4 is 35.0 Å². The van der Waals surface area contributed by atoms with Crippen molar-refractivity contribution in [3.63, 3.8) is 0 Å². The SMILES string of the molecule is NCC(=O)NCC(=O)N1CCCC(Oc2ccc(Cl)c(Cl)c2)C1. The Labute approximate surface area is 144 Å². The third kappa shape index (κ3) is 5.27. The fourth-order valence-electron chi connectivity index (χ4n) is 2.36. The maximum atomic E-state index is 12.1. The summed E-state index contributed by atoms with van der Waals surface area (Å²) in [5.74, 6) is 0.128. The lowest BCUT2D eigenvalue weighted by molar-refractivity contribution is -0.134. The van der Waals surface area contributed by atoms with E-state index in [1.165, 1.54) is 0 Å². The predicted molar refractivity (Wildman–Crippen MR) is 88.8 cm³/mol. The van der Waals surface area contributed by atoms with Crippen LogP contribution in [0.2, 0.25) is 10.0 Å². The molecule has 126 valence electrons. The molecule has 1 fully saturated rings. The molecule has 0 aliphatic carbocycles. The predicted octanol–water partition coefficient (Wildman–Crippen LogP) is 1.44. The van der Waals surface area contributed by atoms with Crippen molar-refractivity contribution in [2.24, 2.45) is 5.73 Å². The maximum absolute atomic E-state index is 12.1. The molecule has 23 heavy (non-hydrogen) atoms. The molecule has 1 aliphatic heterocycles. The fourth-order valence-corrected chi connectivity index (χ4v) is 2.65. The highest BCUT2D eigenvalue weighted by Gasteiger charge is 2.25. The highest BCUT2D eigenvalue weighted by atomic mass is 35.5. The molecular weight excluding hydrogens is 341 g/mol. The van der Waals surface area contributed by atoms with Crippen LogP contribution < -0.4 is 15.8 Å². The van der Waals surface area contributed by atoms with Crippen LogP contribution in [0.1, 0.15) is 12.8 Å². The summed E-state index contributed by atoms with van der Waals surface area (Å²) < 4.78 is 5.87. The first-order valence-corrected chi connectivity index (χ1v) is 8.11. The fraction of sp³-hybridized carbons (Fsp3) is 0.467. The number of nitrogens with one attached hydrogen (secondary N) is 1. The van der Waals surface area contributed by atoms with Gasteiger partial charge in [-0.05, 0) is 25.0 Å². The molecule has 0 bridgehead atoms. The molecule has 2 rings (SSSR count). The lowest BCUT2D eigenvalue weighted by atomic mass is 10.1. The Kier molecular flexibility index (Phi) is 6.50. The van der Waals surface area contributed by atoms with E-state index in [0.29, 0.717) is 28.9 Å². The normalized spacial score (nSPS) is 17.7. The molecule has 0 radical (unpaired) electrons. The first-order chi connectivity index (χ1) is 11.0. The lowest BCUT2D eigenvalue weighted by Gasteiger charge is -2.33. The first-order valence-electron chi connectivity index (χ1n) is 7.36. The molecule has 1 aliphatic rings. The molecule has 2 amide bonds. The second-order valence-electron chi connectivity index (χ2n) is 5.28. The minimum Gasteiger partial charge on any atom is -0.489 e. The van der Waals surface area contributed by atoms with Gasteiger partial charge in [-0.25, -0.2) is 0 Å². The number of nitrogens with two attached hydrogens (primary N) is 1. The number of likely N-dealkylation sites (tertiary alicyclic amines) is 1. The molecular formula is C15H19Cl2N3O3. The van der Waals surface area contributed by atoms with Gasteiger partial charge in [-0.15, -0.1) is 0 Å². The smallest absolute Gasteiger partial charge is 0.242 e. The van der Waals surface area contributed by atoms with Gasteiger partial charge in [-0.3, -0.25) is 9.59 Å². The third-order valence-electron chi connectivity index (χ3n) is 3.55. The van der Waals surface area contributed by atoms with Gasteiger partial charge in [0.15, 0.2) is 0 Å². The van der Waals surface area contributed by atoms with E-state index >= 15 is 0 Å². The topological polar surface area (TPSA) is 84.7 Å². The summed E-state index contributed by atoms with van der Waals surface area (Å²) in [6.45, 7) is 0.946. The monoisotopic (exact) mass is 359 g/mol. The maximum Gasteiger partial charge on any atom is 0.242 e. The number of carbonyl (C=O) groups excluding carboxylic acids is 2. The second-order valence-corrected chi connectivity index (χ2v) is 6.09. The van der Waals surface area contributed by atoms with Crippen molar-refractivity contribution in [3.8, 4) is 5.75 Å². The molecule has 3 N–H and O–H groups in total. The van der Waals surface area contributed by atoms with Gasteiger partial charge in [0, 0.05) is 12.6 Å². The zero-order valence-electron chi connectivity index (χ0n) is 12.6. The largest absolute Gasteiger partial charge is 0.489 e. The van der Waals surface area contributed by atoms with E-state index in [1.54, 1.807) is 23.1 Å². The Balaban J connectivity index is 1.88. The van der Waals surface area contributed by atoms with Crippen LogP contribution in [-0.2, 0) is 9.59 Å². The summed E-state index contributed by atoms with van der Waals surface area (Å²) in [4.78, 5) is 24.9. The molecule has 0 aromatic heterocycles. The molecule has 1 saturated heterocycles. The number of rotatable bonds is 5. The Hall–Kier alpha value is -1.50. The number of hydrogen-bond donors (Lipinski definition) is 2. The van der Waals surface area contributed by atoms with E-state index in [0.717, 1.165) is 12.8 Å². The Bertz CT molecular complexity index is 583. The van der Waals surface area contributed by atoms with Crippen LogP contribution in [0, 0.1) is 0 Å². The molecule has 1 heterocycles. The summed E-state index contributed by atoms with van der Waals surface area (Å²) in [5.41, 5.74) is 5.19. The van der Waals surface area contributed by atoms with Crippen LogP contribution >= 0.6 is 23.2 Å². The molecule has 1 aromatic rings. The van der Waals surface area contributed by atoms with Gasteiger partial charge in [-0.1, -0.05) is 23.2 Å². The van der Waals surface area contributed by atoms with E-state index in [-0.39, 0.29) is 31.0 Å². The van der Waals surface area contributed by atoms with Crippen molar-refractivity contribution < 1.29 is 14.3 Å². The van der Waals surface area contributed by atoms with Gasteiger partial charge in [-0.2, -0.15) is 0 Å². The van der Waals surface area contributed by atoms with Gasteiger partial charge in [0.1, 0.15) is 11.9 Å². The number of carbonyl (C=O) groups is 2. The van der Waals surface area contributed by atoms with Gasteiger partial charge >= 0.3 is 0 Å². The van der Waals surface area contributed by atoms with Crippen molar-refractivity contribution in [1.29, 1.82) is 0 Å². The van der Waals surface area contributed by atoms with Crippen LogP contribution in [0.5, 0.6) is 5.75 Å². The van der Waals surface area contributed by atoms with E-state index in [9.17, 15) is 9.59 Å². The number of halogens is 2. The van der Waals surface area contributed by atoms with Crippen molar-refractivity contribution in [2.45, 2.75) is 18.9 Å². The van der Waals surface area contributed by atoms with Gasteiger partial charge in [0.25, 0.3) is 0 Å². The number of benzene rings is 1. The van der Waals surface area contributed by atoms with Crippen molar-refractivity contribution in [1.82, 2.24) is 10.2 Å². The van der Waals surface area contributed by atoms with Crippen molar-refractivity contribution in [2.75, 3.05) is 26.2 Å². The van der Waals surface area contributed by atoms with E-state index in [1.807, 2.05) is 0 Å². The number of ether oxygens (including phenoxy) is 1. The summed E-state index contributed by atoms with van der Waals surface area (Å²) in [7, 11) is 0. The summed E-state index contributed by atoms with van der Waals surface area (Å²) in [6.07, 6.45) is 1.57. The lowest BCUT2D eigenvalue weighted by Crippen LogP contribution is -2.48. The Morgan fingerprint density at radius 1 is 1.35 bits per heavy atom. The van der Waals surface area contributed by atoms with Gasteiger partial charge < -0.3 is 20.7 Å². The van der Waals surface area contributed by atoms with E-state index < -0.39 is 0 Å². The van der Waals surface area contributed by atoms with E-state index in [2.05, 4.69) is 5.32 Å². The number of amides is 2. The van der Waals surface area contributed by atoms with Crippen LogP contribution in [0.4, 0.5) is 0 Å². The average molecular weight is 360 g/mol. The average Bonchev–Trinajstić information content (AvgIpc) is 2.56. The van der Waals surface area contributed by atoms with Crippen molar-refractivity contribution in [3.05, 3.63) is 28.2 Å². The summed E-state index contributed by atoms with van der Waals surface area (Å²) in [5, 5.41) is 3.38. The second kappa shape index (κ2) is 8.38. The molecule has 1 aromatic carbocycles. The molecule has 0 saturated carbocycles. The van der Waals surface area contributed by atoms with Crippen LogP contribution in [0.25, 0.3) is 0 Å². The summed E-state index contributed by atoms with van der Waals surface area (Å²) in [6, 6.07) is 5.08. The van der Waals surface area contributed by atoms with E-state index in [4.69, 9.17) is 33.7 Å². The third-order valence-corrected chi connectivity index (χ3v) is 4.29. The van der Waals surface area contributed by atoms with Gasteiger partial charge in [0.05, 0.1) is 29.7 Å². The minimum absolute atomic E-state index is 0.0461. The zero-order chi connectivity index (χ0) is 16.8. The number of hydrogen-bond acceptors (Lipinski definition) is 4. The molecule has 1 atom stereocenters. The number of nitrogens with zero attached hydrogens (tertiary/aromatic N) is 1.